The van der Waals surface area contributed by atoms with E-state index in [1.165, 1.54) is 6.07 Å². The smallest absolute Gasteiger partial charge is 0.123 e. The largest absolute Gasteiger partial charge is 0.389 e. The van der Waals surface area contributed by atoms with E-state index in [1.54, 1.807) is 26.0 Å². The van der Waals surface area contributed by atoms with Gasteiger partial charge in [-0.15, -0.1) is 0 Å². The van der Waals surface area contributed by atoms with E-state index in [0.29, 0.717) is 19.1 Å². The molecule has 1 aromatic rings. The summed E-state index contributed by atoms with van der Waals surface area (Å²) in [4.78, 5) is 2.08. The van der Waals surface area contributed by atoms with Crippen molar-refractivity contribution < 1.29 is 9.50 Å². The predicted molar refractivity (Wildman–Crippen MR) is 82.6 cm³/mol. The zero-order valence-electron chi connectivity index (χ0n) is 13.2. The maximum Gasteiger partial charge on any atom is 0.123 e. The quantitative estimate of drug-likeness (QED) is 0.807. The topological polar surface area (TPSA) is 35.5 Å². The Bertz CT molecular complexity index is 427. The van der Waals surface area contributed by atoms with Gasteiger partial charge in [0.25, 0.3) is 0 Å². The molecule has 0 radical (unpaired) electrons. The van der Waals surface area contributed by atoms with Gasteiger partial charge in [0.2, 0.25) is 0 Å². The molecule has 114 valence electrons. The zero-order valence-corrected chi connectivity index (χ0v) is 13.2. The summed E-state index contributed by atoms with van der Waals surface area (Å²) in [7, 11) is 0. The summed E-state index contributed by atoms with van der Waals surface area (Å²) >= 11 is 0. The van der Waals surface area contributed by atoms with Crippen LogP contribution in [0.3, 0.4) is 0 Å². The van der Waals surface area contributed by atoms with Crippen LogP contribution in [0, 0.1) is 5.82 Å². The molecule has 2 N–H and O–H groups in total. The van der Waals surface area contributed by atoms with E-state index >= 15 is 0 Å². The second kappa shape index (κ2) is 7.04. The average molecular weight is 282 g/mol. The summed E-state index contributed by atoms with van der Waals surface area (Å²) in [6.45, 7) is 11.6. The molecule has 0 aliphatic heterocycles. The van der Waals surface area contributed by atoms with Crippen LogP contribution < -0.4 is 10.2 Å². The third kappa shape index (κ3) is 5.47. The Balaban J connectivity index is 3.01. The van der Waals surface area contributed by atoms with Gasteiger partial charge in [-0.1, -0.05) is 13.8 Å². The van der Waals surface area contributed by atoms with Crippen LogP contribution in [0.25, 0.3) is 0 Å². The number of rotatable bonds is 7. The fraction of sp³-hybridized carbons (Fsp3) is 0.625. The molecule has 0 saturated heterocycles. The van der Waals surface area contributed by atoms with Gasteiger partial charge >= 0.3 is 0 Å². The molecule has 0 heterocycles. The standard InChI is InChI=1S/C16H27FN2O/c1-6-19(11-16(4,5)20)15-8-7-14(17)9-13(15)10-18-12(2)3/h7-9,12,18,20H,6,10-11H2,1-5H3. The molecule has 4 heteroatoms. The lowest BCUT2D eigenvalue weighted by atomic mass is 10.1. The fourth-order valence-electron chi connectivity index (χ4n) is 2.15. The van der Waals surface area contributed by atoms with Gasteiger partial charge in [-0.05, 0) is 44.5 Å². The predicted octanol–water partition coefficient (Wildman–Crippen LogP) is 2.92. The summed E-state index contributed by atoms with van der Waals surface area (Å²) < 4.78 is 13.5. The molecule has 0 saturated carbocycles. The molecule has 0 aliphatic rings. The van der Waals surface area contributed by atoms with Crippen LogP contribution in [0.4, 0.5) is 10.1 Å². The zero-order chi connectivity index (χ0) is 15.3. The lowest BCUT2D eigenvalue weighted by molar-refractivity contribution is 0.0875. The molecule has 20 heavy (non-hydrogen) atoms. The van der Waals surface area contributed by atoms with Crippen molar-refractivity contribution in [3.8, 4) is 0 Å². The van der Waals surface area contributed by atoms with Crippen LogP contribution in [0.1, 0.15) is 40.2 Å². The van der Waals surface area contributed by atoms with Crippen LogP contribution in [0.2, 0.25) is 0 Å². The van der Waals surface area contributed by atoms with E-state index in [4.69, 9.17) is 0 Å². The molecule has 0 fully saturated rings. The normalized spacial score (nSPS) is 12.0. The van der Waals surface area contributed by atoms with Gasteiger partial charge in [-0.25, -0.2) is 4.39 Å². The Labute approximate surface area is 121 Å². The van der Waals surface area contributed by atoms with Crippen molar-refractivity contribution >= 4 is 5.69 Å². The second-order valence-corrected chi connectivity index (χ2v) is 6.14. The number of aliphatic hydroxyl groups is 1. The SMILES string of the molecule is CCN(CC(C)(C)O)c1ccc(F)cc1CNC(C)C. The van der Waals surface area contributed by atoms with Crippen molar-refractivity contribution in [3.63, 3.8) is 0 Å². The lowest BCUT2D eigenvalue weighted by Crippen LogP contribution is -2.39. The van der Waals surface area contributed by atoms with Crippen molar-refractivity contribution in [1.82, 2.24) is 5.32 Å². The second-order valence-electron chi connectivity index (χ2n) is 6.14. The highest BCUT2D eigenvalue weighted by Gasteiger charge is 2.19. The minimum Gasteiger partial charge on any atom is -0.389 e. The van der Waals surface area contributed by atoms with Crippen LogP contribution in [0.5, 0.6) is 0 Å². The van der Waals surface area contributed by atoms with Crippen molar-refractivity contribution in [2.24, 2.45) is 0 Å². The van der Waals surface area contributed by atoms with Crippen LogP contribution in [-0.2, 0) is 6.54 Å². The lowest BCUT2D eigenvalue weighted by Gasteiger charge is -2.31. The summed E-state index contributed by atoms with van der Waals surface area (Å²) in [5.74, 6) is -0.228. The summed E-state index contributed by atoms with van der Waals surface area (Å²) in [5.41, 5.74) is 1.11. The number of hydrogen-bond acceptors (Lipinski definition) is 3. The number of anilines is 1. The molecule has 0 bridgehead atoms. The van der Waals surface area contributed by atoms with Crippen LogP contribution in [-0.4, -0.2) is 29.8 Å². The molecule has 0 amide bonds. The monoisotopic (exact) mass is 282 g/mol. The molecule has 0 aromatic heterocycles. The number of hydrogen-bond donors (Lipinski definition) is 2. The molecule has 1 aromatic carbocycles. The van der Waals surface area contributed by atoms with E-state index in [2.05, 4.69) is 24.1 Å². The van der Waals surface area contributed by atoms with Crippen LogP contribution in [0.15, 0.2) is 18.2 Å². The maximum atomic E-state index is 13.5. The number of nitrogens with one attached hydrogen (secondary N) is 1. The first kappa shape index (κ1) is 16.9. The van der Waals surface area contributed by atoms with E-state index in [1.807, 2.05) is 6.92 Å². The van der Waals surface area contributed by atoms with E-state index < -0.39 is 5.60 Å². The third-order valence-electron chi connectivity index (χ3n) is 3.04. The van der Waals surface area contributed by atoms with E-state index in [0.717, 1.165) is 17.8 Å². The van der Waals surface area contributed by atoms with Crippen molar-refractivity contribution in [2.45, 2.75) is 52.8 Å². The first-order chi connectivity index (χ1) is 9.23. The van der Waals surface area contributed by atoms with E-state index in [-0.39, 0.29) is 5.82 Å². The highest BCUT2D eigenvalue weighted by atomic mass is 19.1. The molecular formula is C16H27FN2O. The summed E-state index contributed by atoms with van der Waals surface area (Å²) in [6, 6.07) is 5.18. The van der Waals surface area contributed by atoms with E-state index in [9.17, 15) is 9.50 Å². The van der Waals surface area contributed by atoms with Gasteiger partial charge in [0, 0.05) is 31.4 Å². The molecule has 1 rings (SSSR count). The Morgan fingerprint density at radius 2 is 2.00 bits per heavy atom. The Hall–Kier alpha value is -1.13. The number of halogens is 1. The van der Waals surface area contributed by atoms with Gasteiger partial charge < -0.3 is 15.3 Å². The van der Waals surface area contributed by atoms with Gasteiger partial charge in [-0.2, -0.15) is 0 Å². The molecular weight excluding hydrogens is 255 g/mol. The average Bonchev–Trinajstić information content (AvgIpc) is 2.32. The first-order valence-corrected chi connectivity index (χ1v) is 7.22. The Kier molecular flexibility index (Phi) is 5.96. The Morgan fingerprint density at radius 1 is 1.35 bits per heavy atom. The number of benzene rings is 1. The number of likely N-dealkylation sites (N-methyl/N-ethyl adjacent to an activating group) is 1. The van der Waals surface area contributed by atoms with Gasteiger partial charge in [0.05, 0.1) is 5.60 Å². The van der Waals surface area contributed by atoms with Crippen molar-refractivity contribution in [1.29, 1.82) is 0 Å². The summed E-state index contributed by atoms with van der Waals surface area (Å²) in [5, 5.41) is 13.3. The third-order valence-corrected chi connectivity index (χ3v) is 3.04. The molecule has 0 aliphatic carbocycles. The highest BCUT2D eigenvalue weighted by Crippen LogP contribution is 2.23. The molecule has 0 unspecified atom stereocenters. The van der Waals surface area contributed by atoms with Crippen molar-refractivity contribution in [2.75, 3.05) is 18.0 Å². The van der Waals surface area contributed by atoms with Gasteiger partial charge in [-0.3, -0.25) is 0 Å². The van der Waals surface area contributed by atoms with Crippen LogP contribution >= 0.6 is 0 Å². The van der Waals surface area contributed by atoms with Gasteiger partial charge in [0.1, 0.15) is 5.82 Å². The maximum absolute atomic E-state index is 13.5. The highest BCUT2D eigenvalue weighted by molar-refractivity contribution is 5.54. The number of nitrogens with zero attached hydrogens (tertiary/aromatic N) is 1. The fourth-order valence-corrected chi connectivity index (χ4v) is 2.15. The summed E-state index contributed by atoms with van der Waals surface area (Å²) in [6.07, 6.45) is 0. The molecule has 0 atom stereocenters. The molecule has 0 spiro atoms. The first-order valence-electron chi connectivity index (χ1n) is 7.22. The molecule has 3 nitrogen and oxygen atoms in total. The Morgan fingerprint density at radius 3 is 2.50 bits per heavy atom. The minimum absolute atomic E-state index is 0.228. The van der Waals surface area contributed by atoms with Crippen molar-refractivity contribution in [3.05, 3.63) is 29.6 Å². The minimum atomic E-state index is -0.785. The van der Waals surface area contributed by atoms with Gasteiger partial charge in [0.15, 0.2) is 0 Å².